The van der Waals surface area contributed by atoms with Gasteiger partial charge in [-0.25, -0.2) is 0 Å². The number of nitrogens with two attached hydrogens (primary N) is 1. The highest BCUT2D eigenvalue weighted by molar-refractivity contribution is 9.11. The first kappa shape index (κ1) is 27.2. The van der Waals surface area contributed by atoms with Crippen LogP contribution in [-0.2, 0) is 12.7 Å². The number of rotatable bonds is 7. The molecule has 1 aromatic heterocycles. The number of allylic oxidation sites excluding steroid dienone is 2. The fourth-order valence-electron chi connectivity index (χ4n) is 2.73. The maximum Gasteiger partial charge on any atom is 0.435 e. The van der Waals surface area contributed by atoms with Crippen LogP contribution in [0.15, 0.2) is 37.9 Å². The summed E-state index contributed by atoms with van der Waals surface area (Å²) in [5.74, 6) is -1.39. The summed E-state index contributed by atoms with van der Waals surface area (Å²) in [7, 11) is 0. The molecule has 0 aliphatic rings. The zero-order chi connectivity index (χ0) is 25.1. The fourth-order valence-corrected chi connectivity index (χ4v) is 4.11. The van der Waals surface area contributed by atoms with Crippen molar-refractivity contribution in [2.24, 2.45) is 5.73 Å². The van der Waals surface area contributed by atoms with Gasteiger partial charge in [0.25, 0.3) is 11.8 Å². The van der Waals surface area contributed by atoms with E-state index in [-0.39, 0.29) is 34.6 Å². The Morgan fingerprint density at radius 1 is 1.21 bits per heavy atom. The number of alkyl halides is 3. The van der Waals surface area contributed by atoms with Crippen molar-refractivity contribution in [2.45, 2.75) is 46.0 Å². The van der Waals surface area contributed by atoms with Crippen molar-refractivity contribution >= 4 is 61.0 Å². The van der Waals surface area contributed by atoms with Crippen LogP contribution >= 0.6 is 43.5 Å². The van der Waals surface area contributed by atoms with Crippen molar-refractivity contribution in [1.82, 2.24) is 15.1 Å². The van der Waals surface area contributed by atoms with E-state index in [1.807, 2.05) is 0 Å². The highest BCUT2D eigenvalue weighted by atomic mass is 79.9. The Hall–Kier alpha value is -2.05. The maximum absolute atomic E-state index is 13.3. The Morgan fingerprint density at radius 3 is 2.39 bits per heavy atom. The summed E-state index contributed by atoms with van der Waals surface area (Å²) in [5, 5.41) is 8.96. The lowest BCUT2D eigenvalue weighted by molar-refractivity contribution is -0.141. The van der Waals surface area contributed by atoms with Gasteiger partial charge >= 0.3 is 6.18 Å². The normalized spacial score (nSPS) is 12.5. The standard InChI is InChI=1S/C20H21Br2ClF3N5O2/c1-4-13(23)14(27)8-31-15(7-16(30-31)20(24,25)26)19(33)29-17-11(18(32)28-9(2)3)5-10(21)6-12(17)22/h5-7,9H,4,8,27H2,1-3H3,(H,28,32)(H,29,33)/b14-13+. The first-order chi connectivity index (χ1) is 15.2. The third kappa shape index (κ3) is 6.97. The number of amides is 2. The van der Waals surface area contributed by atoms with Gasteiger partial charge in [-0.2, -0.15) is 18.3 Å². The zero-order valence-electron chi connectivity index (χ0n) is 17.8. The van der Waals surface area contributed by atoms with E-state index in [0.29, 0.717) is 21.4 Å². The van der Waals surface area contributed by atoms with E-state index >= 15 is 0 Å². The van der Waals surface area contributed by atoms with Gasteiger partial charge in [-0.15, -0.1) is 0 Å². The highest BCUT2D eigenvalue weighted by Gasteiger charge is 2.36. The van der Waals surface area contributed by atoms with Crippen LogP contribution in [0, 0.1) is 0 Å². The summed E-state index contributed by atoms with van der Waals surface area (Å²) >= 11 is 12.6. The lowest BCUT2D eigenvalue weighted by Gasteiger charge is -2.16. The molecule has 0 fully saturated rings. The Morgan fingerprint density at radius 2 is 1.85 bits per heavy atom. The largest absolute Gasteiger partial charge is 0.435 e. The number of aromatic nitrogens is 2. The first-order valence-corrected chi connectivity index (χ1v) is 11.6. The molecule has 1 heterocycles. The van der Waals surface area contributed by atoms with Gasteiger partial charge in [0.2, 0.25) is 0 Å². The average Bonchev–Trinajstić information content (AvgIpc) is 3.12. The van der Waals surface area contributed by atoms with Crippen LogP contribution in [0.2, 0.25) is 0 Å². The molecule has 2 aromatic rings. The van der Waals surface area contributed by atoms with Crippen LogP contribution < -0.4 is 16.4 Å². The molecule has 0 saturated carbocycles. The van der Waals surface area contributed by atoms with E-state index in [2.05, 4.69) is 47.6 Å². The van der Waals surface area contributed by atoms with Crippen molar-refractivity contribution in [1.29, 1.82) is 0 Å². The molecular weight excluding hydrogens is 595 g/mol. The summed E-state index contributed by atoms with van der Waals surface area (Å²) in [6, 6.07) is 3.50. The summed E-state index contributed by atoms with van der Waals surface area (Å²) in [5.41, 5.74) is 4.45. The topological polar surface area (TPSA) is 102 Å². The maximum atomic E-state index is 13.3. The number of hydrogen-bond acceptors (Lipinski definition) is 4. The van der Waals surface area contributed by atoms with Crippen molar-refractivity contribution < 1.29 is 22.8 Å². The van der Waals surface area contributed by atoms with Gasteiger partial charge in [0, 0.05) is 31.8 Å². The minimum absolute atomic E-state index is 0.0758. The van der Waals surface area contributed by atoms with Crippen LogP contribution in [-0.4, -0.2) is 27.6 Å². The predicted octanol–water partition coefficient (Wildman–Crippen LogP) is 5.64. The molecule has 0 aliphatic carbocycles. The molecule has 180 valence electrons. The lowest BCUT2D eigenvalue weighted by atomic mass is 10.1. The molecule has 0 radical (unpaired) electrons. The molecule has 0 saturated heterocycles. The zero-order valence-corrected chi connectivity index (χ0v) is 21.7. The van der Waals surface area contributed by atoms with Gasteiger partial charge in [0.15, 0.2) is 5.69 Å². The molecular formula is C20H21Br2ClF3N5O2. The van der Waals surface area contributed by atoms with E-state index < -0.39 is 29.4 Å². The second-order valence-electron chi connectivity index (χ2n) is 7.25. The quantitative estimate of drug-likeness (QED) is 0.376. The third-order valence-electron chi connectivity index (χ3n) is 4.24. The summed E-state index contributed by atoms with van der Waals surface area (Å²) in [6.07, 6.45) is -4.42. The van der Waals surface area contributed by atoms with Crippen molar-refractivity contribution in [3.05, 3.63) is 54.8 Å². The highest BCUT2D eigenvalue weighted by Crippen LogP contribution is 2.33. The SMILES string of the molecule is CC/C(Cl)=C(\N)Cn1nc(C(F)(F)F)cc1C(=O)Nc1c(Br)cc(Br)cc1C(=O)NC(C)C. The summed E-state index contributed by atoms with van der Waals surface area (Å²) in [4.78, 5) is 25.7. The minimum atomic E-state index is -4.78. The number of carbonyl (C=O) groups is 2. The van der Waals surface area contributed by atoms with Crippen molar-refractivity contribution in [3.8, 4) is 0 Å². The van der Waals surface area contributed by atoms with E-state index in [1.54, 1.807) is 26.8 Å². The first-order valence-electron chi connectivity index (χ1n) is 9.63. The van der Waals surface area contributed by atoms with E-state index in [0.717, 1.165) is 4.68 Å². The molecule has 0 bridgehead atoms. The number of halogens is 6. The summed E-state index contributed by atoms with van der Waals surface area (Å²) < 4.78 is 41.6. The van der Waals surface area contributed by atoms with E-state index in [4.69, 9.17) is 17.3 Å². The van der Waals surface area contributed by atoms with E-state index in [9.17, 15) is 22.8 Å². The van der Waals surface area contributed by atoms with Gasteiger partial charge in [-0.1, -0.05) is 34.5 Å². The monoisotopic (exact) mass is 613 g/mol. The second-order valence-corrected chi connectivity index (χ2v) is 9.47. The van der Waals surface area contributed by atoms with Crippen LogP contribution in [0.25, 0.3) is 0 Å². The van der Waals surface area contributed by atoms with E-state index in [1.165, 1.54) is 6.07 Å². The Bertz CT molecular complexity index is 1100. The van der Waals surface area contributed by atoms with Gasteiger partial charge in [-0.3, -0.25) is 14.3 Å². The lowest BCUT2D eigenvalue weighted by Crippen LogP contribution is -2.31. The number of nitrogens with one attached hydrogen (secondary N) is 2. The number of carbonyl (C=O) groups excluding carboxylic acids is 2. The van der Waals surface area contributed by atoms with Gasteiger partial charge in [0.1, 0.15) is 5.69 Å². The number of benzene rings is 1. The predicted molar refractivity (Wildman–Crippen MR) is 127 cm³/mol. The third-order valence-corrected chi connectivity index (χ3v) is 5.83. The summed E-state index contributed by atoms with van der Waals surface area (Å²) in [6.45, 7) is 4.93. The Balaban J connectivity index is 2.52. The Kier molecular flexibility index (Phi) is 9.00. The van der Waals surface area contributed by atoms with Crippen molar-refractivity contribution in [2.75, 3.05) is 5.32 Å². The molecule has 0 spiro atoms. The molecule has 4 N–H and O–H groups in total. The molecule has 33 heavy (non-hydrogen) atoms. The van der Waals surface area contributed by atoms with Crippen molar-refractivity contribution in [3.63, 3.8) is 0 Å². The van der Waals surface area contributed by atoms with Crippen LogP contribution in [0.4, 0.5) is 18.9 Å². The number of anilines is 1. The smallest absolute Gasteiger partial charge is 0.400 e. The number of nitrogens with zero attached hydrogens (tertiary/aromatic N) is 2. The van der Waals surface area contributed by atoms with Gasteiger partial charge in [-0.05, 0) is 48.3 Å². The average molecular weight is 616 g/mol. The number of hydrogen-bond donors (Lipinski definition) is 3. The van der Waals surface area contributed by atoms with Crippen LogP contribution in [0.3, 0.4) is 0 Å². The Labute approximate surface area is 210 Å². The fraction of sp³-hybridized carbons (Fsp3) is 0.350. The second kappa shape index (κ2) is 10.9. The van der Waals surface area contributed by atoms with Crippen LogP contribution in [0.5, 0.6) is 0 Å². The van der Waals surface area contributed by atoms with Gasteiger partial charge < -0.3 is 16.4 Å². The molecule has 1 aromatic carbocycles. The molecule has 2 amide bonds. The van der Waals surface area contributed by atoms with Gasteiger partial charge in [0.05, 0.1) is 17.8 Å². The van der Waals surface area contributed by atoms with Crippen LogP contribution in [0.1, 0.15) is 53.7 Å². The molecule has 0 aliphatic heterocycles. The molecule has 0 unspecified atom stereocenters. The molecule has 7 nitrogen and oxygen atoms in total. The minimum Gasteiger partial charge on any atom is -0.400 e. The molecule has 13 heteroatoms. The molecule has 0 atom stereocenters. The molecule has 2 rings (SSSR count).